The van der Waals surface area contributed by atoms with Crippen LogP contribution in [0.15, 0.2) is 88.8 Å². The van der Waals surface area contributed by atoms with Crippen molar-refractivity contribution in [3.05, 3.63) is 90.3 Å². The third kappa shape index (κ3) is 5.47. The number of amides is 1. The van der Waals surface area contributed by atoms with E-state index in [-0.39, 0.29) is 5.91 Å². The van der Waals surface area contributed by atoms with Crippen LogP contribution in [0.5, 0.6) is 0 Å². The van der Waals surface area contributed by atoms with Crippen LogP contribution >= 0.6 is 11.8 Å². The lowest BCUT2D eigenvalue weighted by molar-refractivity contribution is -0.121. The maximum Gasteiger partial charge on any atom is 0.220 e. The van der Waals surface area contributed by atoms with Crippen LogP contribution in [0.1, 0.15) is 17.7 Å². The molecule has 1 heterocycles. The zero-order valence-corrected chi connectivity index (χ0v) is 14.7. The van der Waals surface area contributed by atoms with E-state index in [1.165, 1.54) is 9.79 Å². The lowest BCUT2D eigenvalue weighted by Crippen LogP contribution is -2.23. The van der Waals surface area contributed by atoms with Gasteiger partial charge in [-0.3, -0.25) is 9.78 Å². The summed E-state index contributed by atoms with van der Waals surface area (Å²) in [6, 6.07) is 24.2. The van der Waals surface area contributed by atoms with Gasteiger partial charge in [0.05, 0.1) is 0 Å². The van der Waals surface area contributed by atoms with E-state index < -0.39 is 0 Å². The number of carbonyl (C=O) groups is 1. The van der Waals surface area contributed by atoms with Crippen LogP contribution < -0.4 is 5.32 Å². The highest BCUT2D eigenvalue weighted by atomic mass is 32.2. The number of pyridine rings is 1. The molecule has 2 aromatic carbocycles. The fourth-order valence-electron chi connectivity index (χ4n) is 2.43. The fourth-order valence-corrected chi connectivity index (χ4v) is 3.40. The monoisotopic (exact) mass is 348 g/mol. The molecule has 0 bridgehead atoms. The molecule has 0 aliphatic carbocycles. The van der Waals surface area contributed by atoms with Gasteiger partial charge in [0.25, 0.3) is 0 Å². The summed E-state index contributed by atoms with van der Waals surface area (Å²) in [7, 11) is 0. The number of hydrogen-bond donors (Lipinski definition) is 1. The van der Waals surface area contributed by atoms with Crippen LogP contribution in [0.3, 0.4) is 0 Å². The summed E-state index contributed by atoms with van der Waals surface area (Å²) >= 11 is 1.71. The number of hydrogen-bond acceptors (Lipinski definition) is 3. The molecule has 3 nitrogen and oxygen atoms in total. The number of aryl methyl sites for hydroxylation is 1. The molecular weight excluding hydrogens is 328 g/mol. The van der Waals surface area contributed by atoms with Gasteiger partial charge in [-0.15, -0.1) is 0 Å². The quantitative estimate of drug-likeness (QED) is 0.684. The van der Waals surface area contributed by atoms with Crippen molar-refractivity contribution in [2.45, 2.75) is 29.2 Å². The van der Waals surface area contributed by atoms with Crippen molar-refractivity contribution in [1.29, 1.82) is 0 Å². The first-order chi connectivity index (χ1) is 12.3. The second-order valence-corrected chi connectivity index (χ2v) is 6.74. The molecule has 3 rings (SSSR count). The summed E-state index contributed by atoms with van der Waals surface area (Å²) < 4.78 is 0. The largest absolute Gasteiger partial charge is 0.352 e. The van der Waals surface area contributed by atoms with Crippen molar-refractivity contribution in [2.24, 2.45) is 0 Å². The Bertz CT molecular complexity index is 806. The van der Waals surface area contributed by atoms with E-state index in [0.29, 0.717) is 19.4 Å². The molecule has 1 amide bonds. The van der Waals surface area contributed by atoms with Gasteiger partial charge in [-0.25, -0.2) is 0 Å². The third-order valence-corrected chi connectivity index (χ3v) is 4.88. The topological polar surface area (TPSA) is 42.0 Å². The Morgan fingerprint density at radius 2 is 1.68 bits per heavy atom. The van der Waals surface area contributed by atoms with Gasteiger partial charge in [0.15, 0.2) is 0 Å². The van der Waals surface area contributed by atoms with Gasteiger partial charge in [0.1, 0.15) is 0 Å². The molecule has 25 heavy (non-hydrogen) atoms. The highest BCUT2D eigenvalue weighted by Gasteiger charge is 2.07. The Morgan fingerprint density at radius 3 is 2.48 bits per heavy atom. The molecule has 0 saturated heterocycles. The van der Waals surface area contributed by atoms with E-state index in [4.69, 9.17) is 0 Å². The van der Waals surface area contributed by atoms with Crippen LogP contribution in [0.4, 0.5) is 0 Å². The molecule has 0 fully saturated rings. The first-order valence-corrected chi connectivity index (χ1v) is 9.10. The van der Waals surface area contributed by atoms with E-state index in [0.717, 1.165) is 11.3 Å². The molecule has 0 saturated carbocycles. The molecule has 0 atom stereocenters. The summed E-state index contributed by atoms with van der Waals surface area (Å²) in [6.07, 6.45) is 2.86. The van der Waals surface area contributed by atoms with Gasteiger partial charge in [-0.2, -0.15) is 0 Å². The summed E-state index contributed by atoms with van der Waals surface area (Å²) in [6.45, 7) is 0.539. The van der Waals surface area contributed by atoms with E-state index >= 15 is 0 Å². The zero-order chi connectivity index (χ0) is 17.3. The summed E-state index contributed by atoms with van der Waals surface area (Å²) in [5.74, 6) is 0.0465. The minimum Gasteiger partial charge on any atom is -0.352 e. The smallest absolute Gasteiger partial charge is 0.220 e. The summed E-state index contributed by atoms with van der Waals surface area (Å²) in [5.41, 5.74) is 2.07. The highest BCUT2D eigenvalue weighted by molar-refractivity contribution is 7.99. The van der Waals surface area contributed by atoms with Crippen molar-refractivity contribution in [2.75, 3.05) is 0 Å². The minimum atomic E-state index is 0.0465. The van der Waals surface area contributed by atoms with Crippen molar-refractivity contribution >= 4 is 17.7 Å². The Labute approximate surface area is 152 Å². The van der Waals surface area contributed by atoms with E-state index in [9.17, 15) is 4.79 Å². The van der Waals surface area contributed by atoms with E-state index in [1.807, 2.05) is 48.5 Å². The average Bonchev–Trinajstić information content (AvgIpc) is 2.67. The van der Waals surface area contributed by atoms with Crippen molar-refractivity contribution in [3.63, 3.8) is 0 Å². The Morgan fingerprint density at radius 1 is 0.920 bits per heavy atom. The Kier molecular flexibility index (Phi) is 6.23. The number of carbonyl (C=O) groups excluding carboxylic acids is 1. The van der Waals surface area contributed by atoms with Crippen molar-refractivity contribution in [1.82, 2.24) is 10.3 Å². The second-order valence-electron chi connectivity index (χ2n) is 5.62. The molecule has 0 radical (unpaired) electrons. The molecule has 3 aromatic rings. The molecule has 0 aliphatic rings. The van der Waals surface area contributed by atoms with Crippen LogP contribution in [0.2, 0.25) is 0 Å². The zero-order valence-electron chi connectivity index (χ0n) is 13.9. The highest BCUT2D eigenvalue weighted by Crippen LogP contribution is 2.30. The summed E-state index contributed by atoms with van der Waals surface area (Å²) in [5, 5.41) is 3.02. The Balaban J connectivity index is 1.55. The van der Waals surface area contributed by atoms with Crippen LogP contribution in [-0.2, 0) is 17.8 Å². The predicted octanol–water partition coefficient (Wildman–Crippen LogP) is 4.48. The molecule has 0 unspecified atom stereocenters. The maximum atomic E-state index is 12.1. The van der Waals surface area contributed by atoms with Gasteiger partial charge in [-0.1, -0.05) is 54.2 Å². The molecule has 4 heteroatoms. The van der Waals surface area contributed by atoms with Gasteiger partial charge in [-0.05, 0) is 42.3 Å². The van der Waals surface area contributed by atoms with Crippen molar-refractivity contribution < 1.29 is 4.79 Å². The van der Waals surface area contributed by atoms with E-state index in [1.54, 1.807) is 18.0 Å². The molecule has 126 valence electrons. The van der Waals surface area contributed by atoms with Gasteiger partial charge >= 0.3 is 0 Å². The second kappa shape index (κ2) is 9.04. The third-order valence-electron chi connectivity index (χ3n) is 3.75. The van der Waals surface area contributed by atoms with Crippen LogP contribution in [-0.4, -0.2) is 10.9 Å². The molecular formula is C21H20N2OS. The number of aromatic nitrogens is 1. The standard InChI is InChI=1S/C21H20N2OS/c24-21(14-13-18-9-6-7-15-22-18)23-16-17-8-4-5-12-20(17)25-19-10-2-1-3-11-19/h1-12,15H,13-14,16H2,(H,23,24). The summed E-state index contributed by atoms with van der Waals surface area (Å²) in [4.78, 5) is 18.7. The van der Waals surface area contributed by atoms with Crippen LogP contribution in [0.25, 0.3) is 0 Å². The number of rotatable bonds is 7. The number of benzene rings is 2. The number of nitrogens with zero attached hydrogens (tertiary/aromatic N) is 1. The lowest BCUT2D eigenvalue weighted by atomic mass is 10.2. The first-order valence-electron chi connectivity index (χ1n) is 8.29. The first kappa shape index (κ1) is 17.2. The minimum absolute atomic E-state index is 0.0465. The number of nitrogens with one attached hydrogen (secondary N) is 1. The van der Waals surface area contributed by atoms with E-state index in [2.05, 4.69) is 34.6 Å². The maximum absolute atomic E-state index is 12.1. The molecule has 0 aliphatic heterocycles. The molecule has 0 spiro atoms. The fraction of sp³-hybridized carbons (Fsp3) is 0.143. The average molecular weight is 348 g/mol. The van der Waals surface area contributed by atoms with Gasteiger partial charge in [0, 0.05) is 34.6 Å². The predicted molar refractivity (Wildman–Crippen MR) is 101 cm³/mol. The van der Waals surface area contributed by atoms with Crippen LogP contribution in [0, 0.1) is 0 Å². The molecule has 1 N–H and O–H groups in total. The van der Waals surface area contributed by atoms with Gasteiger partial charge in [0.2, 0.25) is 5.91 Å². The normalized spacial score (nSPS) is 10.4. The SMILES string of the molecule is O=C(CCc1ccccn1)NCc1ccccc1Sc1ccccc1. The molecule has 1 aromatic heterocycles. The Hall–Kier alpha value is -2.59. The van der Waals surface area contributed by atoms with Gasteiger partial charge < -0.3 is 5.32 Å². The van der Waals surface area contributed by atoms with Crippen molar-refractivity contribution in [3.8, 4) is 0 Å². The lowest BCUT2D eigenvalue weighted by Gasteiger charge is -2.10.